The molecule has 0 aliphatic heterocycles. The Balaban J connectivity index is 1.20. The van der Waals surface area contributed by atoms with Crippen LogP contribution in [0.2, 0.25) is 0 Å². The second-order valence-electron chi connectivity index (χ2n) is 9.26. The van der Waals surface area contributed by atoms with E-state index in [2.05, 4.69) is 38.7 Å². The Morgan fingerprint density at radius 2 is 1.94 bits per heavy atom. The molecule has 0 spiro atoms. The average Bonchev–Trinajstić information content (AvgIpc) is 3.59. The molecule has 2 aliphatic carbocycles. The summed E-state index contributed by atoms with van der Waals surface area (Å²) in [6.07, 6.45) is 10.7. The van der Waals surface area contributed by atoms with E-state index in [9.17, 15) is 4.79 Å². The third-order valence-electron chi connectivity index (χ3n) is 7.08. The number of nitrogens with zero attached hydrogens (tertiary/aromatic N) is 2. The van der Waals surface area contributed by atoms with Crippen LogP contribution in [0.25, 0.3) is 23.1 Å². The molecule has 3 atom stereocenters. The monoisotopic (exact) mass is 466 g/mol. The Labute approximate surface area is 203 Å². The highest BCUT2D eigenvalue weighted by Crippen LogP contribution is 2.44. The zero-order valence-corrected chi connectivity index (χ0v) is 19.6. The van der Waals surface area contributed by atoms with Crippen molar-refractivity contribution in [2.45, 2.75) is 41.5 Å². The van der Waals surface area contributed by atoms with Crippen molar-refractivity contribution in [2.24, 2.45) is 11.8 Å². The molecule has 2 saturated carbocycles. The van der Waals surface area contributed by atoms with Gasteiger partial charge in [0.25, 0.3) is 5.91 Å². The fraction of sp³-hybridized carbons (Fsp3) is 0.250. The number of carbonyl (C=O) groups excluding carboxylic acids is 1. The molecule has 5 nitrogen and oxygen atoms in total. The lowest BCUT2D eigenvalue weighted by Crippen LogP contribution is -2.38. The number of amides is 1. The van der Waals surface area contributed by atoms with Gasteiger partial charge in [0, 0.05) is 27.4 Å². The first-order chi connectivity index (χ1) is 16.7. The van der Waals surface area contributed by atoms with E-state index in [1.165, 1.54) is 19.3 Å². The highest BCUT2D eigenvalue weighted by Gasteiger charge is 2.40. The van der Waals surface area contributed by atoms with Crippen LogP contribution in [0, 0.1) is 11.8 Å². The lowest BCUT2D eigenvalue weighted by atomic mass is 9.95. The van der Waals surface area contributed by atoms with Gasteiger partial charge >= 0.3 is 0 Å². The Morgan fingerprint density at radius 1 is 1.03 bits per heavy atom. The summed E-state index contributed by atoms with van der Waals surface area (Å²) < 4.78 is 0. The summed E-state index contributed by atoms with van der Waals surface area (Å²) in [6.45, 7) is 0. The van der Waals surface area contributed by atoms with Crippen molar-refractivity contribution in [1.29, 1.82) is 0 Å². The Bertz CT molecular complexity index is 1360. The molecule has 2 aromatic carbocycles. The van der Waals surface area contributed by atoms with Crippen LogP contribution in [-0.4, -0.2) is 27.1 Å². The topological polar surface area (TPSA) is 70.7 Å². The second kappa shape index (κ2) is 9.11. The minimum Gasteiger partial charge on any atom is -0.349 e. The first-order valence-corrected chi connectivity index (χ1v) is 12.7. The number of hydrogen-bond donors (Lipinski definition) is 2. The van der Waals surface area contributed by atoms with Gasteiger partial charge in [-0.15, -0.1) is 0 Å². The molecule has 0 saturated heterocycles. The number of aromatic amines is 1. The van der Waals surface area contributed by atoms with Crippen LogP contribution in [0.15, 0.2) is 76.7 Å². The molecule has 2 heterocycles. The molecule has 0 radical (unpaired) electrons. The fourth-order valence-electron chi connectivity index (χ4n) is 5.39. The van der Waals surface area contributed by atoms with Crippen molar-refractivity contribution < 1.29 is 4.79 Å². The van der Waals surface area contributed by atoms with Crippen LogP contribution < -0.4 is 5.32 Å². The quantitative estimate of drug-likeness (QED) is 0.355. The molecule has 2 unspecified atom stereocenters. The van der Waals surface area contributed by atoms with Gasteiger partial charge in [0.15, 0.2) is 0 Å². The number of benzene rings is 2. The predicted molar refractivity (Wildman–Crippen MR) is 137 cm³/mol. The van der Waals surface area contributed by atoms with E-state index < -0.39 is 0 Å². The number of nitrogens with one attached hydrogen (secondary N) is 2. The molecule has 2 bridgehead atoms. The number of hydrogen-bond acceptors (Lipinski definition) is 4. The summed E-state index contributed by atoms with van der Waals surface area (Å²) >= 11 is 1.61. The molecule has 34 heavy (non-hydrogen) atoms. The lowest BCUT2D eigenvalue weighted by Gasteiger charge is -2.23. The summed E-state index contributed by atoms with van der Waals surface area (Å²) in [7, 11) is 0. The highest BCUT2D eigenvalue weighted by atomic mass is 32.2. The maximum Gasteiger partial charge on any atom is 0.252 e. The average molecular weight is 467 g/mol. The van der Waals surface area contributed by atoms with Crippen LogP contribution in [-0.2, 0) is 0 Å². The van der Waals surface area contributed by atoms with E-state index in [1.807, 2.05) is 54.6 Å². The van der Waals surface area contributed by atoms with E-state index >= 15 is 0 Å². The van der Waals surface area contributed by atoms with Gasteiger partial charge in [-0.25, -0.2) is 0 Å². The van der Waals surface area contributed by atoms with Gasteiger partial charge in [-0.3, -0.25) is 14.9 Å². The molecule has 2 N–H and O–H groups in total. The van der Waals surface area contributed by atoms with Gasteiger partial charge in [0.2, 0.25) is 0 Å². The molecule has 6 rings (SSSR count). The summed E-state index contributed by atoms with van der Waals surface area (Å²) in [5, 5.41) is 12.0. The standard InChI is InChI=1S/C28H26N4OS/c33-28(30-25-16-18-8-9-19(25)15-18)23-6-1-2-7-27(23)34-21-11-12-22-24(31-32-26(22)17-21)13-10-20-5-3-4-14-29-20/h1-7,10-14,17-19,25H,8-9,15-16H2,(H,30,33)(H,31,32)/b13-10+/t18?,19?,25-/m0/s1. The number of H-pyrrole nitrogens is 1. The minimum absolute atomic E-state index is 0.0465. The number of pyridine rings is 1. The summed E-state index contributed by atoms with van der Waals surface area (Å²) in [5.41, 5.74) is 3.49. The third-order valence-corrected chi connectivity index (χ3v) is 8.14. The Hall–Kier alpha value is -3.38. The number of fused-ring (bicyclic) bond motifs is 3. The van der Waals surface area contributed by atoms with Crippen LogP contribution in [0.3, 0.4) is 0 Å². The maximum absolute atomic E-state index is 13.1. The van der Waals surface area contributed by atoms with Gasteiger partial charge in [-0.2, -0.15) is 5.10 Å². The number of carbonyl (C=O) groups is 1. The lowest BCUT2D eigenvalue weighted by molar-refractivity contribution is 0.0920. The minimum atomic E-state index is 0.0465. The molecule has 1 amide bonds. The van der Waals surface area contributed by atoms with Gasteiger partial charge < -0.3 is 5.32 Å². The molecule has 2 aliphatic rings. The first-order valence-electron chi connectivity index (χ1n) is 11.9. The van der Waals surface area contributed by atoms with Crippen molar-refractivity contribution in [3.8, 4) is 0 Å². The summed E-state index contributed by atoms with van der Waals surface area (Å²) in [6, 6.07) is 20.3. The van der Waals surface area contributed by atoms with Crippen LogP contribution in [0.1, 0.15) is 47.4 Å². The molecular weight excluding hydrogens is 440 g/mol. The van der Waals surface area contributed by atoms with Crippen LogP contribution >= 0.6 is 11.8 Å². The van der Waals surface area contributed by atoms with Crippen molar-refractivity contribution in [3.63, 3.8) is 0 Å². The molecular formula is C28H26N4OS. The van der Waals surface area contributed by atoms with Gasteiger partial charge in [-0.1, -0.05) is 36.4 Å². The Morgan fingerprint density at radius 3 is 2.76 bits per heavy atom. The highest BCUT2D eigenvalue weighted by molar-refractivity contribution is 7.99. The van der Waals surface area contributed by atoms with Crippen molar-refractivity contribution in [3.05, 3.63) is 83.8 Å². The summed E-state index contributed by atoms with van der Waals surface area (Å²) in [4.78, 5) is 19.5. The van der Waals surface area contributed by atoms with Crippen molar-refractivity contribution in [1.82, 2.24) is 20.5 Å². The third kappa shape index (κ3) is 4.26. The van der Waals surface area contributed by atoms with E-state index in [1.54, 1.807) is 18.0 Å². The largest absolute Gasteiger partial charge is 0.349 e. The van der Waals surface area contributed by atoms with Gasteiger partial charge in [0.1, 0.15) is 0 Å². The van der Waals surface area contributed by atoms with Crippen molar-refractivity contribution in [2.75, 3.05) is 0 Å². The summed E-state index contributed by atoms with van der Waals surface area (Å²) in [5.74, 6) is 1.52. The normalized spacial score (nSPS) is 21.5. The van der Waals surface area contributed by atoms with Crippen LogP contribution in [0.5, 0.6) is 0 Å². The maximum atomic E-state index is 13.1. The number of aromatic nitrogens is 3. The van der Waals surface area contributed by atoms with Gasteiger partial charge in [0.05, 0.1) is 22.5 Å². The zero-order valence-electron chi connectivity index (χ0n) is 18.8. The molecule has 2 aromatic heterocycles. The van der Waals surface area contributed by atoms with Crippen molar-refractivity contribution >= 4 is 40.7 Å². The number of rotatable bonds is 6. The zero-order chi connectivity index (χ0) is 22.9. The van der Waals surface area contributed by atoms with E-state index in [0.717, 1.165) is 50.0 Å². The van der Waals surface area contributed by atoms with E-state index in [0.29, 0.717) is 12.0 Å². The first kappa shape index (κ1) is 21.2. The van der Waals surface area contributed by atoms with Gasteiger partial charge in [-0.05, 0) is 85.7 Å². The molecule has 4 aromatic rings. The molecule has 2 fully saturated rings. The Kier molecular flexibility index (Phi) is 5.67. The van der Waals surface area contributed by atoms with E-state index in [-0.39, 0.29) is 5.91 Å². The second-order valence-corrected chi connectivity index (χ2v) is 10.4. The van der Waals surface area contributed by atoms with Crippen LogP contribution in [0.4, 0.5) is 0 Å². The molecule has 170 valence electrons. The SMILES string of the molecule is O=C(N[C@H]1CC2CCC1C2)c1ccccc1Sc1ccc2c(/C=C/c3ccccn3)n[nH]c2c1. The fourth-order valence-corrected chi connectivity index (χ4v) is 6.37. The predicted octanol–water partition coefficient (Wildman–Crippen LogP) is 6.20. The molecule has 6 heteroatoms. The smallest absolute Gasteiger partial charge is 0.252 e. The van der Waals surface area contributed by atoms with E-state index in [4.69, 9.17) is 0 Å².